The molecule has 0 bridgehead atoms. The van der Waals surface area contributed by atoms with E-state index in [9.17, 15) is 30.8 Å². The van der Waals surface area contributed by atoms with Crippen LogP contribution in [0.3, 0.4) is 0 Å². The summed E-state index contributed by atoms with van der Waals surface area (Å²) >= 11 is 0. The highest BCUT2D eigenvalue weighted by Crippen LogP contribution is 2.60. The zero-order chi connectivity index (χ0) is 28.2. The second-order valence-corrected chi connectivity index (χ2v) is 12.0. The number of carbonyl (C=O) groups excluding carboxylic acids is 1. The van der Waals surface area contributed by atoms with E-state index in [0.29, 0.717) is 5.69 Å². The van der Waals surface area contributed by atoms with E-state index in [0.717, 1.165) is 0 Å². The Morgan fingerprint density at radius 3 is 2.38 bits per heavy atom. The van der Waals surface area contributed by atoms with Gasteiger partial charge in [0, 0.05) is 50.8 Å². The van der Waals surface area contributed by atoms with Gasteiger partial charge in [-0.25, -0.2) is 31.0 Å². The van der Waals surface area contributed by atoms with Crippen molar-refractivity contribution >= 4 is 39.1 Å². The number of piperidine rings is 2. The zero-order valence-corrected chi connectivity index (χ0v) is 21.8. The Morgan fingerprint density at radius 2 is 1.74 bits per heavy atom. The number of aliphatic hydroxyl groups is 1. The van der Waals surface area contributed by atoms with Crippen molar-refractivity contribution in [2.75, 3.05) is 58.4 Å². The number of anilines is 4. The largest absolute Gasteiger partial charge is 0.395 e. The maximum absolute atomic E-state index is 13.9. The smallest absolute Gasteiger partial charge is 0.258 e. The van der Waals surface area contributed by atoms with Gasteiger partial charge in [0.05, 0.1) is 41.1 Å². The summed E-state index contributed by atoms with van der Waals surface area (Å²) in [5.41, 5.74) is 0.997. The van der Waals surface area contributed by atoms with E-state index in [1.54, 1.807) is 16.7 Å². The molecule has 3 fully saturated rings. The Bertz CT molecular complexity index is 1370. The summed E-state index contributed by atoms with van der Waals surface area (Å²) in [6.45, 7) is 1.21. The van der Waals surface area contributed by atoms with Gasteiger partial charge < -0.3 is 20.2 Å². The summed E-state index contributed by atoms with van der Waals surface area (Å²) < 4.78 is 81.5. The summed E-state index contributed by atoms with van der Waals surface area (Å²) in [5, 5.41) is 11.7. The van der Waals surface area contributed by atoms with Gasteiger partial charge in [-0.3, -0.25) is 9.52 Å². The quantitative estimate of drug-likeness (QED) is 0.412. The van der Waals surface area contributed by atoms with Crippen LogP contribution in [0.4, 0.5) is 40.7 Å². The van der Waals surface area contributed by atoms with Crippen LogP contribution in [-0.2, 0) is 10.0 Å². The first-order valence-corrected chi connectivity index (χ1v) is 14.1. The van der Waals surface area contributed by atoms with Crippen LogP contribution in [0.15, 0.2) is 24.3 Å². The number of amides is 1. The number of benzene rings is 1. The number of aliphatic hydroxyl groups excluding tert-OH is 1. The number of sulfonamides is 1. The number of hydrogen-bond acceptors (Lipinski definition) is 8. The van der Waals surface area contributed by atoms with Crippen molar-refractivity contribution in [3.63, 3.8) is 0 Å². The fraction of sp³-hybridized carbons (Fsp3) is 0.542. The minimum absolute atomic E-state index is 0.00114. The lowest BCUT2D eigenvalue weighted by Crippen LogP contribution is -2.40. The van der Waals surface area contributed by atoms with Gasteiger partial charge in [-0.1, -0.05) is 0 Å². The molecule has 39 heavy (non-hydrogen) atoms. The standard InChI is InChI=1S/C24H28F4N6O4S/c1-14-10-20(31-22(29-14)33-6-4-23(25,26)5-7-33)30-21(36)16-3-2-15(32-39(37,38)9-8-35)11-19(16)34-12-17-18(13-34)24(17,27)28/h2-3,10-11,17-18,32,35H,4-9,12-13H2,1H3,(H,29,30,31,36). The third kappa shape index (κ3) is 5.73. The van der Waals surface area contributed by atoms with Gasteiger partial charge >= 0.3 is 0 Å². The van der Waals surface area contributed by atoms with Crippen molar-refractivity contribution in [3.05, 3.63) is 35.5 Å². The molecule has 2 aromatic rings. The first-order valence-electron chi connectivity index (χ1n) is 12.5. The molecule has 10 nitrogen and oxygen atoms in total. The van der Waals surface area contributed by atoms with Gasteiger partial charge in [0.25, 0.3) is 17.8 Å². The van der Waals surface area contributed by atoms with Crippen LogP contribution >= 0.6 is 0 Å². The Balaban J connectivity index is 1.39. The molecular weight excluding hydrogens is 544 g/mol. The van der Waals surface area contributed by atoms with E-state index in [1.165, 1.54) is 24.3 Å². The van der Waals surface area contributed by atoms with Crippen LogP contribution in [0.1, 0.15) is 28.9 Å². The highest BCUT2D eigenvalue weighted by atomic mass is 32.2. The number of aryl methyl sites for hydroxylation is 1. The molecule has 15 heteroatoms. The van der Waals surface area contributed by atoms with Gasteiger partial charge in [0.2, 0.25) is 16.0 Å². The predicted molar refractivity (Wildman–Crippen MR) is 136 cm³/mol. The molecule has 2 aliphatic heterocycles. The first-order chi connectivity index (χ1) is 18.3. The van der Waals surface area contributed by atoms with Crippen LogP contribution < -0.4 is 19.8 Å². The van der Waals surface area contributed by atoms with Crippen molar-refractivity contribution in [1.29, 1.82) is 0 Å². The summed E-state index contributed by atoms with van der Waals surface area (Å²) in [7, 11) is -3.86. The second kappa shape index (κ2) is 9.77. The summed E-state index contributed by atoms with van der Waals surface area (Å²) in [5.74, 6) is -7.99. The Hall–Kier alpha value is -3.20. The molecule has 1 aliphatic carbocycles. The van der Waals surface area contributed by atoms with Crippen molar-refractivity contribution in [1.82, 2.24) is 9.97 Å². The number of aromatic nitrogens is 2. The first kappa shape index (κ1) is 27.4. The maximum Gasteiger partial charge on any atom is 0.258 e. The van der Waals surface area contributed by atoms with Crippen LogP contribution in [0.25, 0.3) is 0 Å². The molecule has 5 rings (SSSR count). The second-order valence-electron chi connectivity index (χ2n) is 10.2. The van der Waals surface area contributed by atoms with Crippen molar-refractivity contribution in [2.24, 2.45) is 11.8 Å². The average Bonchev–Trinajstić information content (AvgIpc) is 3.16. The Labute approximate surface area is 222 Å². The average molecular weight is 573 g/mol. The normalized spacial score (nSPS) is 23.3. The molecule has 212 valence electrons. The zero-order valence-electron chi connectivity index (χ0n) is 21.0. The number of carbonyl (C=O) groups is 1. The van der Waals surface area contributed by atoms with Gasteiger partial charge in [-0.15, -0.1) is 0 Å². The van der Waals surface area contributed by atoms with Crippen LogP contribution in [-0.4, -0.2) is 79.8 Å². The van der Waals surface area contributed by atoms with E-state index in [2.05, 4.69) is 20.0 Å². The fourth-order valence-corrected chi connectivity index (χ4v) is 5.91. The molecule has 1 aromatic heterocycles. The lowest BCUT2D eigenvalue weighted by Gasteiger charge is -2.32. The topological polar surface area (TPSA) is 128 Å². The molecule has 2 unspecified atom stereocenters. The molecule has 3 N–H and O–H groups in total. The molecule has 0 radical (unpaired) electrons. The lowest BCUT2D eigenvalue weighted by atomic mass is 10.1. The van der Waals surface area contributed by atoms with Crippen molar-refractivity contribution in [2.45, 2.75) is 31.6 Å². The number of halogens is 4. The number of fused-ring (bicyclic) bond motifs is 1. The number of rotatable bonds is 8. The lowest BCUT2D eigenvalue weighted by molar-refractivity contribution is -0.0222. The summed E-state index contributed by atoms with van der Waals surface area (Å²) in [4.78, 5) is 25.2. The van der Waals surface area contributed by atoms with Gasteiger partial charge in [-0.05, 0) is 25.1 Å². The number of hydrogen-bond donors (Lipinski definition) is 3. The third-order valence-corrected chi connectivity index (χ3v) is 8.54. The van der Waals surface area contributed by atoms with Crippen LogP contribution in [0, 0.1) is 18.8 Å². The van der Waals surface area contributed by atoms with Gasteiger partial charge in [0.15, 0.2) is 0 Å². The molecular formula is C24H28F4N6O4S. The Morgan fingerprint density at radius 1 is 1.08 bits per heavy atom. The SMILES string of the molecule is Cc1cc(NC(=O)c2ccc(NS(=O)(=O)CCO)cc2N2CC3C(C2)C3(F)F)nc(N2CCC(F)(F)CC2)n1. The van der Waals surface area contributed by atoms with Crippen molar-refractivity contribution in [3.8, 4) is 0 Å². The Kier molecular flexibility index (Phi) is 6.85. The summed E-state index contributed by atoms with van der Waals surface area (Å²) in [6.07, 6.45) is -0.665. The minimum Gasteiger partial charge on any atom is -0.395 e. The third-order valence-electron chi connectivity index (χ3n) is 7.28. The van der Waals surface area contributed by atoms with E-state index in [4.69, 9.17) is 5.11 Å². The van der Waals surface area contributed by atoms with Crippen LogP contribution in [0.5, 0.6) is 0 Å². The van der Waals surface area contributed by atoms with Gasteiger partial charge in [0.1, 0.15) is 5.82 Å². The van der Waals surface area contributed by atoms with E-state index < -0.39 is 52.0 Å². The highest BCUT2D eigenvalue weighted by molar-refractivity contribution is 7.92. The number of nitrogens with zero attached hydrogens (tertiary/aromatic N) is 4. The van der Waals surface area contributed by atoms with Gasteiger partial charge in [-0.2, -0.15) is 4.98 Å². The maximum atomic E-state index is 13.9. The van der Waals surface area contributed by atoms with E-state index in [-0.39, 0.29) is 67.7 Å². The monoisotopic (exact) mass is 572 g/mol. The van der Waals surface area contributed by atoms with Crippen molar-refractivity contribution < 1.29 is 35.9 Å². The molecule has 0 spiro atoms. The number of nitrogens with one attached hydrogen (secondary N) is 2. The fourth-order valence-electron chi connectivity index (χ4n) is 5.08. The molecule has 1 amide bonds. The van der Waals surface area contributed by atoms with E-state index in [1.807, 2.05) is 0 Å². The predicted octanol–water partition coefficient (Wildman–Crippen LogP) is 2.71. The summed E-state index contributed by atoms with van der Waals surface area (Å²) in [6, 6.07) is 5.66. The molecule has 1 saturated carbocycles. The van der Waals surface area contributed by atoms with Crippen LogP contribution in [0.2, 0.25) is 0 Å². The molecule has 3 heterocycles. The minimum atomic E-state index is -3.86. The molecule has 1 aromatic carbocycles. The number of alkyl halides is 4. The molecule has 3 aliphatic rings. The van der Waals surface area contributed by atoms with E-state index >= 15 is 0 Å². The molecule has 2 atom stereocenters. The molecule has 2 saturated heterocycles. The highest BCUT2D eigenvalue weighted by Gasteiger charge is 2.71.